The molecule has 3 aromatic rings. The SMILES string of the molecule is O=C(O)CCCCCC(CCc1ccccc1OCc1ccc2c(c1)CCC2)C1CCCc2cc(C(=O)O)ccc21. The van der Waals surface area contributed by atoms with Gasteiger partial charge in [-0.15, -0.1) is 0 Å². The number of carbonyl (C=O) groups is 2. The summed E-state index contributed by atoms with van der Waals surface area (Å²) in [5.74, 6) is 0.179. The Kier molecular flexibility index (Phi) is 9.76. The number of ether oxygens (including phenoxy) is 1. The number of carboxylic acids is 2. The zero-order chi connectivity index (χ0) is 28.6. The zero-order valence-electron chi connectivity index (χ0n) is 23.9. The zero-order valence-corrected chi connectivity index (χ0v) is 23.9. The lowest BCUT2D eigenvalue weighted by molar-refractivity contribution is -0.137. The van der Waals surface area contributed by atoms with Crippen molar-refractivity contribution in [2.75, 3.05) is 0 Å². The first kappa shape index (κ1) is 28.9. The Morgan fingerprint density at radius 1 is 0.829 bits per heavy atom. The summed E-state index contributed by atoms with van der Waals surface area (Å²) < 4.78 is 6.38. The maximum absolute atomic E-state index is 11.6. The largest absolute Gasteiger partial charge is 0.489 e. The molecule has 0 radical (unpaired) electrons. The third kappa shape index (κ3) is 7.58. The van der Waals surface area contributed by atoms with Gasteiger partial charge in [0.1, 0.15) is 12.4 Å². The maximum atomic E-state index is 11.6. The first-order valence-corrected chi connectivity index (χ1v) is 15.4. The molecule has 0 heterocycles. The fourth-order valence-corrected chi connectivity index (χ4v) is 6.95. The van der Waals surface area contributed by atoms with Crippen LogP contribution in [0.4, 0.5) is 0 Å². The number of benzene rings is 3. The summed E-state index contributed by atoms with van der Waals surface area (Å²) in [5.41, 5.74) is 8.23. The highest BCUT2D eigenvalue weighted by Crippen LogP contribution is 2.42. The Balaban J connectivity index is 1.28. The van der Waals surface area contributed by atoms with Gasteiger partial charge in [-0.1, -0.05) is 55.3 Å². The van der Waals surface area contributed by atoms with Gasteiger partial charge in [-0.25, -0.2) is 4.79 Å². The quantitative estimate of drug-likeness (QED) is 0.196. The molecule has 0 bridgehead atoms. The predicted octanol–water partition coefficient (Wildman–Crippen LogP) is 8.16. The fourth-order valence-electron chi connectivity index (χ4n) is 6.95. The van der Waals surface area contributed by atoms with E-state index in [9.17, 15) is 14.7 Å². The van der Waals surface area contributed by atoms with E-state index < -0.39 is 11.9 Å². The van der Waals surface area contributed by atoms with Gasteiger partial charge in [0.15, 0.2) is 0 Å². The molecule has 2 aliphatic carbocycles. The molecule has 41 heavy (non-hydrogen) atoms. The van der Waals surface area contributed by atoms with Crippen LogP contribution >= 0.6 is 0 Å². The summed E-state index contributed by atoms with van der Waals surface area (Å²) in [4.78, 5) is 22.6. The molecule has 5 heteroatoms. The fraction of sp³-hybridized carbons (Fsp3) is 0.444. The van der Waals surface area contributed by atoms with Crippen LogP contribution in [0.15, 0.2) is 60.7 Å². The number of hydrogen-bond donors (Lipinski definition) is 2. The van der Waals surface area contributed by atoms with Crippen LogP contribution in [-0.4, -0.2) is 22.2 Å². The van der Waals surface area contributed by atoms with Crippen LogP contribution in [-0.2, 0) is 37.1 Å². The number of aliphatic carboxylic acids is 1. The first-order chi connectivity index (χ1) is 20.0. The Morgan fingerprint density at radius 2 is 1.66 bits per heavy atom. The molecule has 3 aromatic carbocycles. The molecule has 5 rings (SSSR count). The molecular weight excluding hydrogens is 512 g/mol. The molecule has 216 valence electrons. The maximum Gasteiger partial charge on any atom is 0.335 e. The molecule has 2 unspecified atom stereocenters. The van der Waals surface area contributed by atoms with Gasteiger partial charge >= 0.3 is 11.9 Å². The van der Waals surface area contributed by atoms with E-state index in [0.29, 0.717) is 30.4 Å². The number of fused-ring (bicyclic) bond motifs is 2. The van der Waals surface area contributed by atoms with Crippen molar-refractivity contribution in [1.29, 1.82) is 0 Å². The first-order valence-electron chi connectivity index (χ1n) is 15.4. The van der Waals surface area contributed by atoms with E-state index in [4.69, 9.17) is 9.84 Å². The van der Waals surface area contributed by atoms with Crippen molar-refractivity contribution in [3.63, 3.8) is 0 Å². The molecule has 0 aromatic heterocycles. The topological polar surface area (TPSA) is 83.8 Å². The molecule has 2 N–H and O–H groups in total. The van der Waals surface area contributed by atoms with Gasteiger partial charge in [-0.3, -0.25) is 4.79 Å². The van der Waals surface area contributed by atoms with Gasteiger partial charge < -0.3 is 14.9 Å². The summed E-state index contributed by atoms with van der Waals surface area (Å²) in [6.45, 7) is 0.569. The molecule has 0 aliphatic heterocycles. The average molecular weight is 555 g/mol. The molecule has 0 fully saturated rings. The molecule has 0 spiro atoms. The minimum Gasteiger partial charge on any atom is -0.489 e. The highest BCUT2D eigenvalue weighted by Gasteiger charge is 2.28. The number of carboxylic acid groups (broad SMARTS) is 2. The van der Waals surface area contributed by atoms with Gasteiger partial charge in [0.05, 0.1) is 5.56 Å². The van der Waals surface area contributed by atoms with E-state index in [-0.39, 0.29) is 6.42 Å². The molecule has 0 saturated heterocycles. The van der Waals surface area contributed by atoms with Crippen molar-refractivity contribution in [3.05, 3.63) is 99.6 Å². The van der Waals surface area contributed by atoms with Crippen molar-refractivity contribution >= 4 is 11.9 Å². The highest BCUT2D eigenvalue weighted by molar-refractivity contribution is 5.88. The highest BCUT2D eigenvalue weighted by atomic mass is 16.5. The molecule has 0 amide bonds. The van der Waals surface area contributed by atoms with Crippen molar-refractivity contribution in [2.24, 2.45) is 5.92 Å². The van der Waals surface area contributed by atoms with Crippen LogP contribution in [0.25, 0.3) is 0 Å². The minimum atomic E-state index is -0.874. The second-order valence-corrected chi connectivity index (χ2v) is 11.9. The van der Waals surface area contributed by atoms with Gasteiger partial charge in [0.2, 0.25) is 0 Å². The summed E-state index contributed by atoms with van der Waals surface area (Å²) in [6, 6.07) is 20.8. The van der Waals surface area contributed by atoms with Gasteiger partial charge in [-0.2, -0.15) is 0 Å². The third-order valence-corrected chi connectivity index (χ3v) is 9.10. The second-order valence-electron chi connectivity index (χ2n) is 11.9. The summed E-state index contributed by atoms with van der Waals surface area (Å²) in [7, 11) is 0. The number of hydrogen-bond acceptors (Lipinski definition) is 3. The lowest BCUT2D eigenvalue weighted by atomic mass is 9.72. The summed E-state index contributed by atoms with van der Waals surface area (Å²) >= 11 is 0. The van der Waals surface area contributed by atoms with Crippen LogP contribution in [0.1, 0.15) is 107 Å². The molecular formula is C36H42O5. The smallest absolute Gasteiger partial charge is 0.335 e. The van der Waals surface area contributed by atoms with E-state index in [1.54, 1.807) is 6.07 Å². The summed E-state index contributed by atoms with van der Waals surface area (Å²) in [6.07, 6.45) is 12.5. The predicted molar refractivity (Wildman–Crippen MR) is 161 cm³/mol. The average Bonchev–Trinajstić information content (AvgIpc) is 3.45. The van der Waals surface area contributed by atoms with E-state index >= 15 is 0 Å². The van der Waals surface area contributed by atoms with Crippen molar-refractivity contribution < 1.29 is 24.5 Å². The lowest BCUT2D eigenvalue weighted by Crippen LogP contribution is -2.20. The van der Waals surface area contributed by atoms with E-state index in [2.05, 4.69) is 36.4 Å². The molecule has 2 aliphatic rings. The Labute approximate surface area is 243 Å². The molecule has 2 atom stereocenters. The number of unbranched alkanes of at least 4 members (excludes halogenated alkanes) is 2. The number of rotatable bonds is 14. The Hall–Kier alpha value is -3.60. The van der Waals surface area contributed by atoms with Crippen LogP contribution < -0.4 is 4.74 Å². The Bertz CT molecular complexity index is 1360. The monoisotopic (exact) mass is 554 g/mol. The summed E-state index contributed by atoms with van der Waals surface area (Å²) in [5, 5.41) is 18.5. The Morgan fingerprint density at radius 3 is 2.51 bits per heavy atom. The third-order valence-electron chi connectivity index (χ3n) is 9.10. The lowest BCUT2D eigenvalue weighted by Gasteiger charge is -2.33. The van der Waals surface area contributed by atoms with Crippen molar-refractivity contribution in [2.45, 2.75) is 96.0 Å². The normalized spacial score (nSPS) is 16.5. The second kappa shape index (κ2) is 13.8. The number of aromatic carboxylic acids is 1. The van der Waals surface area contributed by atoms with Gasteiger partial charge in [0.25, 0.3) is 0 Å². The van der Waals surface area contributed by atoms with Crippen LogP contribution in [0.2, 0.25) is 0 Å². The standard InChI is InChI=1S/C36H42O5/c37-35(38)15-3-1-2-8-27(32-13-7-12-30-23-31(36(39)40)20-21-33(30)32)18-19-28-9-4-5-14-34(28)41-24-25-16-17-26-10-6-11-29(26)22-25/h4-5,9,14,16-17,20-23,27,32H,1-3,6-8,10-13,15,18-19,24H2,(H,37,38)(H,39,40). The van der Waals surface area contributed by atoms with Crippen LogP contribution in [0.5, 0.6) is 5.75 Å². The van der Waals surface area contributed by atoms with E-state index in [0.717, 1.165) is 57.1 Å². The molecule has 5 nitrogen and oxygen atoms in total. The minimum absolute atomic E-state index is 0.226. The number of para-hydroxylation sites is 1. The van der Waals surface area contributed by atoms with Crippen LogP contribution in [0.3, 0.4) is 0 Å². The van der Waals surface area contributed by atoms with Crippen molar-refractivity contribution in [3.8, 4) is 5.75 Å². The number of aryl methyl sites for hydroxylation is 4. The van der Waals surface area contributed by atoms with Crippen LogP contribution in [0, 0.1) is 5.92 Å². The van der Waals surface area contributed by atoms with Crippen molar-refractivity contribution in [1.82, 2.24) is 0 Å². The van der Waals surface area contributed by atoms with Gasteiger partial charge in [0, 0.05) is 6.42 Å². The van der Waals surface area contributed by atoms with Gasteiger partial charge in [-0.05, 0) is 128 Å². The van der Waals surface area contributed by atoms with E-state index in [1.165, 1.54) is 52.6 Å². The molecule has 0 saturated carbocycles. The van der Waals surface area contributed by atoms with E-state index in [1.807, 2.05) is 18.2 Å².